The first kappa shape index (κ1) is 8.96. The van der Waals surface area contributed by atoms with Crippen LogP contribution in [0.1, 0.15) is 32.6 Å². The van der Waals surface area contributed by atoms with Gasteiger partial charge < -0.3 is 5.73 Å². The number of nitrogens with two attached hydrogens (primary N) is 1. The van der Waals surface area contributed by atoms with Crippen molar-refractivity contribution in [2.45, 2.75) is 38.6 Å². The Labute approximate surface area is 86.8 Å². The highest BCUT2D eigenvalue weighted by Gasteiger charge is 2.65. The van der Waals surface area contributed by atoms with Crippen LogP contribution in [0.15, 0.2) is 12.2 Å². The molecule has 5 atom stereocenters. The largest absolute Gasteiger partial charge is 0.327 e. The summed E-state index contributed by atoms with van der Waals surface area (Å²) in [5, 5.41) is 0. The molecule has 0 amide bonds. The van der Waals surface area contributed by atoms with Gasteiger partial charge in [0.15, 0.2) is 0 Å². The Hall–Kier alpha value is -0.300. The van der Waals surface area contributed by atoms with Gasteiger partial charge in [0, 0.05) is 6.04 Å². The van der Waals surface area contributed by atoms with E-state index in [2.05, 4.69) is 13.5 Å². The van der Waals surface area contributed by atoms with E-state index in [0.29, 0.717) is 6.04 Å². The Morgan fingerprint density at radius 2 is 1.93 bits per heavy atom. The van der Waals surface area contributed by atoms with Gasteiger partial charge in [0.05, 0.1) is 0 Å². The summed E-state index contributed by atoms with van der Waals surface area (Å²) < 4.78 is 0. The number of rotatable bonds is 3. The van der Waals surface area contributed by atoms with Gasteiger partial charge in [-0.25, -0.2) is 0 Å². The highest BCUT2D eigenvalue weighted by molar-refractivity contribution is 5.16. The van der Waals surface area contributed by atoms with Crippen molar-refractivity contribution < 1.29 is 0 Å². The fourth-order valence-corrected chi connectivity index (χ4v) is 4.50. The Bertz CT molecular complexity index is 254. The van der Waals surface area contributed by atoms with Crippen molar-refractivity contribution in [2.24, 2.45) is 35.3 Å². The average Bonchev–Trinajstić information content (AvgIpc) is 2.56. The molecule has 0 aromatic heterocycles. The van der Waals surface area contributed by atoms with Gasteiger partial charge in [0.25, 0.3) is 0 Å². The van der Waals surface area contributed by atoms with E-state index in [1.54, 1.807) is 0 Å². The standard InChI is InChI=1S/C13H21N/c1-7(2)5-10(14)13-11-8-3-4-9(6-8)12(11)13/h8-13H,1,3-6,14H2,2H3. The second-order valence-electron chi connectivity index (χ2n) is 5.89. The molecule has 0 aromatic carbocycles. The van der Waals surface area contributed by atoms with Gasteiger partial charge in [-0.2, -0.15) is 0 Å². The fourth-order valence-electron chi connectivity index (χ4n) is 4.50. The van der Waals surface area contributed by atoms with E-state index in [4.69, 9.17) is 5.73 Å². The highest BCUT2D eigenvalue weighted by Crippen LogP contribution is 2.70. The molecule has 78 valence electrons. The molecule has 0 radical (unpaired) electrons. The van der Waals surface area contributed by atoms with Gasteiger partial charge >= 0.3 is 0 Å². The second-order valence-corrected chi connectivity index (χ2v) is 5.89. The molecule has 3 aliphatic rings. The molecule has 3 aliphatic carbocycles. The van der Waals surface area contributed by atoms with Crippen molar-refractivity contribution in [1.29, 1.82) is 0 Å². The zero-order valence-corrected chi connectivity index (χ0v) is 9.08. The van der Waals surface area contributed by atoms with Crippen LogP contribution in [0.4, 0.5) is 0 Å². The molecule has 2 bridgehead atoms. The summed E-state index contributed by atoms with van der Waals surface area (Å²) in [6, 6.07) is 0.422. The van der Waals surface area contributed by atoms with E-state index in [1.165, 1.54) is 24.8 Å². The molecular formula is C13H21N. The summed E-state index contributed by atoms with van der Waals surface area (Å²) in [4.78, 5) is 0. The molecule has 3 rings (SSSR count). The molecule has 5 unspecified atom stereocenters. The molecule has 14 heavy (non-hydrogen) atoms. The van der Waals surface area contributed by atoms with E-state index >= 15 is 0 Å². The molecule has 2 N–H and O–H groups in total. The third kappa shape index (κ3) is 1.11. The predicted octanol–water partition coefficient (Wildman–Crippen LogP) is 2.57. The Morgan fingerprint density at radius 3 is 2.43 bits per heavy atom. The fraction of sp³-hybridized carbons (Fsp3) is 0.846. The summed E-state index contributed by atoms with van der Waals surface area (Å²) >= 11 is 0. The van der Waals surface area contributed by atoms with Crippen LogP contribution in [0.3, 0.4) is 0 Å². The average molecular weight is 191 g/mol. The monoisotopic (exact) mass is 191 g/mol. The van der Waals surface area contributed by atoms with Gasteiger partial charge in [-0.05, 0) is 62.2 Å². The van der Waals surface area contributed by atoms with Gasteiger partial charge in [-0.1, -0.05) is 5.57 Å². The minimum atomic E-state index is 0.422. The van der Waals surface area contributed by atoms with Crippen LogP contribution >= 0.6 is 0 Å². The third-order valence-corrected chi connectivity index (χ3v) is 4.87. The van der Waals surface area contributed by atoms with E-state index in [0.717, 1.165) is 36.0 Å². The normalized spacial score (nSPS) is 50.3. The Balaban J connectivity index is 1.65. The van der Waals surface area contributed by atoms with Crippen molar-refractivity contribution in [1.82, 2.24) is 0 Å². The lowest BCUT2D eigenvalue weighted by molar-refractivity contribution is 0.409. The SMILES string of the molecule is C=C(C)CC(N)C1C2C3CCC(C3)C12. The molecule has 0 aromatic rings. The quantitative estimate of drug-likeness (QED) is 0.682. The lowest BCUT2D eigenvalue weighted by atomic mass is 9.95. The summed E-state index contributed by atoms with van der Waals surface area (Å²) in [7, 11) is 0. The summed E-state index contributed by atoms with van der Waals surface area (Å²) in [5.41, 5.74) is 7.52. The number of hydrogen-bond donors (Lipinski definition) is 1. The number of fused-ring (bicyclic) bond motifs is 5. The van der Waals surface area contributed by atoms with Crippen LogP contribution in [0.25, 0.3) is 0 Å². The van der Waals surface area contributed by atoms with Crippen molar-refractivity contribution in [2.75, 3.05) is 0 Å². The zero-order valence-electron chi connectivity index (χ0n) is 9.08. The molecule has 3 saturated carbocycles. The molecule has 0 saturated heterocycles. The minimum absolute atomic E-state index is 0.422. The molecule has 0 heterocycles. The van der Waals surface area contributed by atoms with Gasteiger partial charge in [0.2, 0.25) is 0 Å². The van der Waals surface area contributed by atoms with Crippen LogP contribution in [0, 0.1) is 29.6 Å². The Kier molecular flexibility index (Phi) is 1.82. The number of hydrogen-bond acceptors (Lipinski definition) is 1. The lowest BCUT2D eigenvalue weighted by Crippen LogP contribution is -2.26. The first-order chi connectivity index (χ1) is 6.68. The third-order valence-electron chi connectivity index (χ3n) is 4.87. The minimum Gasteiger partial charge on any atom is -0.327 e. The van der Waals surface area contributed by atoms with E-state index < -0.39 is 0 Å². The summed E-state index contributed by atoms with van der Waals surface area (Å²) in [5.74, 6) is 5.06. The van der Waals surface area contributed by atoms with E-state index in [9.17, 15) is 0 Å². The molecule has 0 aliphatic heterocycles. The van der Waals surface area contributed by atoms with Crippen molar-refractivity contribution >= 4 is 0 Å². The van der Waals surface area contributed by atoms with Crippen LogP contribution < -0.4 is 5.73 Å². The van der Waals surface area contributed by atoms with Gasteiger partial charge in [-0.15, -0.1) is 6.58 Å². The van der Waals surface area contributed by atoms with Crippen molar-refractivity contribution in [3.05, 3.63) is 12.2 Å². The molecular weight excluding hydrogens is 170 g/mol. The molecule has 0 spiro atoms. The van der Waals surface area contributed by atoms with Crippen LogP contribution in [0.2, 0.25) is 0 Å². The van der Waals surface area contributed by atoms with E-state index in [1.807, 2.05) is 0 Å². The van der Waals surface area contributed by atoms with Gasteiger partial charge in [0.1, 0.15) is 0 Å². The van der Waals surface area contributed by atoms with Crippen molar-refractivity contribution in [3.63, 3.8) is 0 Å². The first-order valence-corrected chi connectivity index (χ1v) is 6.08. The maximum absolute atomic E-state index is 6.26. The topological polar surface area (TPSA) is 26.0 Å². The lowest BCUT2D eigenvalue weighted by Gasteiger charge is -2.15. The maximum atomic E-state index is 6.26. The van der Waals surface area contributed by atoms with E-state index in [-0.39, 0.29) is 0 Å². The summed E-state index contributed by atoms with van der Waals surface area (Å²) in [6.07, 6.45) is 5.59. The zero-order chi connectivity index (χ0) is 9.87. The molecule has 1 heteroatoms. The highest BCUT2D eigenvalue weighted by atomic mass is 14.8. The second kappa shape index (κ2) is 2.85. The van der Waals surface area contributed by atoms with Crippen LogP contribution in [-0.2, 0) is 0 Å². The molecule has 3 fully saturated rings. The Morgan fingerprint density at radius 1 is 1.36 bits per heavy atom. The first-order valence-electron chi connectivity index (χ1n) is 6.08. The summed E-state index contributed by atoms with van der Waals surface area (Å²) in [6.45, 7) is 6.08. The van der Waals surface area contributed by atoms with Crippen LogP contribution in [0.5, 0.6) is 0 Å². The maximum Gasteiger partial charge on any atom is 0.0110 e. The molecule has 1 nitrogen and oxygen atoms in total. The predicted molar refractivity (Wildman–Crippen MR) is 58.7 cm³/mol. The van der Waals surface area contributed by atoms with Crippen LogP contribution in [-0.4, -0.2) is 6.04 Å². The van der Waals surface area contributed by atoms with Crippen molar-refractivity contribution in [3.8, 4) is 0 Å². The van der Waals surface area contributed by atoms with Gasteiger partial charge in [-0.3, -0.25) is 0 Å². The smallest absolute Gasteiger partial charge is 0.0110 e.